The first-order valence-corrected chi connectivity index (χ1v) is 6.70. The van der Waals surface area contributed by atoms with E-state index < -0.39 is 0 Å². The fourth-order valence-electron chi connectivity index (χ4n) is 2.20. The third-order valence-corrected chi connectivity index (χ3v) is 3.46. The first kappa shape index (κ1) is 13.5. The van der Waals surface area contributed by atoms with Crippen LogP contribution in [-0.2, 0) is 11.3 Å². The number of hydrogen-bond acceptors (Lipinski definition) is 4. The zero-order chi connectivity index (χ0) is 13.1. The van der Waals surface area contributed by atoms with Crippen LogP contribution in [0.1, 0.15) is 32.5 Å². The normalized spacial score (nSPS) is 25.8. The maximum Gasteiger partial charge on any atom is 0.0824 e. The molecule has 0 radical (unpaired) electrons. The highest BCUT2D eigenvalue weighted by Crippen LogP contribution is 2.15. The number of ether oxygens (including phenoxy) is 1. The smallest absolute Gasteiger partial charge is 0.0824 e. The Labute approximate surface area is 109 Å². The van der Waals surface area contributed by atoms with Gasteiger partial charge in [0, 0.05) is 37.9 Å². The Morgan fingerprint density at radius 3 is 2.94 bits per heavy atom. The topological polar surface area (TPSA) is 56.3 Å². The Hall–Kier alpha value is -0.910. The van der Waals surface area contributed by atoms with E-state index in [9.17, 15) is 0 Å². The second-order valence-electron chi connectivity index (χ2n) is 5.35. The summed E-state index contributed by atoms with van der Waals surface area (Å²) < 4.78 is 7.66. The largest absolute Gasteiger partial charge is 0.374 e. The number of nitrogens with two attached hydrogens (primary N) is 1. The van der Waals surface area contributed by atoms with E-state index in [1.54, 1.807) is 0 Å². The average molecular weight is 252 g/mol. The third kappa shape index (κ3) is 3.10. The summed E-state index contributed by atoms with van der Waals surface area (Å²) in [5.74, 6) is 0. The van der Waals surface area contributed by atoms with Gasteiger partial charge in [0.1, 0.15) is 0 Å². The van der Waals surface area contributed by atoms with Gasteiger partial charge in [-0.2, -0.15) is 5.10 Å². The van der Waals surface area contributed by atoms with E-state index in [1.807, 2.05) is 10.9 Å². The Morgan fingerprint density at radius 1 is 1.56 bits per heavy atom. The lowest BCUT2D eigenvalue weighted by Gasteiger charge is -2.37. The molecule has 18 heavy (non-hydrogen) atoms. The molecule has 0 bridgehead atoms. The second-order valence-corrected chi connectivity index (χ2v) is 5.35. The van der Waals surface area contributed by atoms with E-state index in [4.69, 9.17) is 10.5 Å². The molecule has 1 fully saturated rings. The molecule has 5 nitrogen and oxygen atoms in total. The van der Waals surface area contributed by atoms with Gasteiger partial charge in [-0.25, -0.2) is 0 Å². The lowest BCUT2D eigenvalue weighted by molar-refractivity contribution is -0.0571. The van der Waals surface area contributed by atoms with Crippen molar-refractivity contribution in [1.29, 1.82) is 0 Å². The predicted molar refractivity (Wildman–Crippen MR) is 71.3 cm³/mol. The van der Waals surface area contributed by atoms with Crippen molar-refractivity contribution in [3.8, 4) is 0 Å². The summed E-state index contributed by atoms with van der Waals surface area (Å²) in [6.45, 7) is 9.58. The van der Waals surface area contributed by atoms with Gasteiger partial charge < -0.3 is 10.5 Å². The summed E-state index contributed by atoms with van der Waals surface area (Å²) in [4.78, 5) is 2.40. The third-order valence-electron chi connectivity index (χ3n) is 3.46. The minimum Gasteiger partial charge on any atom is -0.374 e. The molecule has 0 spiro atoms. The monoisotopic (exact) mass is 252 g/mol. The van der Waals surface area contributed by atoms with E-state index in [1.165, 1.54) is 0 Å². The van der Waals surface area contributed by atoms with Crippen LogP contribution in [0.4, 0.5) is 0 Å². The van der Waals surface area contributed by atoms with E-state index in [0.29, 0.717) is 18.6 Å². The van der Waals surface area contributed by atoms with Crippen LogP contribution in [0.5, 0.6) is 0 Å². The van der Waals surface area contributed by atoms with Crippen molar-refractivity contribution in [3.05, 3.63) is 18.0 Å². The van der Waals surface area contributed by atoms with Gasteiger partial charge in [0.25, 0.3) is 0 Å². The van der Waals surface area contributed by atoms with E-state index in [-0.39, 0.29) is 6.10 Å². The molecule has 2 rings (SSSR count). The minimum atomic E-state index is 0.161. The molecule has 2 N–H and O–H groups in total. The van der Waals surface area contributed by atoms with Crippen molar-refractivity contribution < 1.29 is 4.74 Å². The fraction of sp³-hybridized carbons (Fsp3) is 0.769. The van der Waals surface area contributed by atoms with Crippen molar-refractivity contribution in [1.82, 2.24) is 14.7 Å². The van der Waals surface area contributed by atoms with Crippen LogP contribution in [0.25, 0.3) is 0 Å². The van der Waals surface area contributed by atoms with Gasteiger partial charge in [0.15, 0.2) is 0 Å². The van der Waals surface area contributed by atoms with Gasteiger partial charge in [-0.05, 0) is 26.8 Å². The van der Waals surface area contributed by atoms with Gasteiger partial charge in [-0.15, -0.1) is 0 Å². The summed E-state index contributed by atoms with van der Waals surface area (Å²) >= 11 is 0. The Balaban J connectivity index is 1.98. The van der Waals surface area contributed by atoms with Gasteiger partial charge in [-0.1, -0.05) is 0 Å². The number of morpholine rings is 1. The summed E-state index contributed by atoms with van der Waals surface area (Å²) in [6, 6.07) is 2.94. The van der Waals surface area contributed by atoms with Crippen LogP contribution in [0.2, 0.25) is 0 Å². The molecule has 0 amide bonds. The van der Waals surface area contributed by atoms with Crippen LogP contribution in [0, 0.1) is 0 Å². The Morgan fingerprint density at radius 2 is 2.33 bits per heavy atom. The number of rotatable bonds is 4. The van der Waals surface area contributed by atoms with Crippen molar-refractivity contribution >= 4 is 0 Å². The van der Waals surface area contributed by atoms with Gasteiger partial charge in [-0.3, -0.25) is 9.58 Å². The molecule has 1 saturated heterocycles. The molecule has 0 aromatic carbocycles. The molecule has 2 atom stereocenters. The van der Waals surface area contributed by atoms with E-state index >= 15 is 0 Å². The van der Waals surface area contributed by atoms with Gasteiger partial charge in [0.05, 0.1) is 18.4 Å². The Bertz CT molecular complexity index is 377. The van der Waals surface area contributed by atoms with Crippen LogP contribution < -0.4 is 5.73 Å². The zero-order valence-corrected chi connectivity index (χ0v) is 11.5. The quantitative estimate of drug-likeness (QED) is 0.869. The van der Waals surface area contributed by atoms with E-state index in [0.717, 1.165) is 25.4 Å². The lowest BCUT2D eigenvalue weighted by atomic mass is 10.2. The molecular weight excluding hydrogens is 228 g/mol. The summed E-state index contributed by atoms with van der Waals surface area (Å²) in [6.07, 6.45) is 2.21. The summed E-state index contributed by atoms with van der Waals surface area (Å²) in [7, 11) is 0. The zero-order valence-electron chi connectivity index (χ0n) is 11.5. The molecule has 0 saturated carbocycles. The molecule has 1 aliphatic heterocycles. The first-order valence-electron chi connectivity index (χ1n) is 6.70. The summed E-state index contributed by atoms with van der Waals surface area (Å²) in [5.41, 5.74) is 6.80. The number of hydrogen-bond donors (Lipinski definition) is 1. The van der Waals surface area contributed by atoms with Crippen molar-refractivity contribution in [3.63, 3.8) is 0 Å². The highest BCUT2D eigenvalue weighted by Gasteiger charge is 2.25. The maximum absolute atomic E-state index is 5.68. The molecule has 0 aliphatic carbocycles. The molecule has 1 aliphatic rings. The predicted octanol–water partition coefficient (Wildman–Crippen LogP) is 1.01. The molecule has 5 heteroatoms. The van der Waals surface area contributed by atoms with Crippen LogP contribution >= 0.6 is 0 Å². The minimum absolute atomic E-state index is 0.161. The first-order chi connectivity index (χ1) is 8.60. The summed E-state index contributed by atoms with van der Waals surface area (Å²) in [5, 5.41) is 4.59. The molecule has 2 unspecified atom stereocenters. The van der Waals surface area contributed by atoms with Crippen LogP contribution in [0.15, 0.2) is 12.3 Å². The van der Waals surface area contributed by atoms with Crippen molar-refractivity contribution in [2.75, 3.05) is 19.7 Å². The fourth-order valence-corrected chi connectivity index (χ4v) is 2.20. The highest BCUT2D eigenvalue weighted by atomic mass is 16.5. The molecular formula is C13H24N4O. The maximum atomic E-state index is 5.68. The van der Waals surface area contributed by atoms with Crippen LogP contribution in [-0.4, -0.2) is 46.5 Å². The van der Waals surface area contributed by atoms with Gasteiger partial charge in [0.2, 0.25) is 0 Å². The van der Waals surface area contributed by atoms with E-state index in [2.05, 4.69) is 36.8 Å². The average Bonchev–Trinajstić information content (AvgIpc) is 2.81. The SMILES string of the molecule is CC1COC(CN)CN1Cc1ccn(C(C)C)n1. The second kappa shape index (κ2) is 5.82. The van der Waals surface area contributed by atoms with Crippen molar-refractivity contribution in [2.24, 2.45) is 5.73 Å². The number of aromatic nitrogens is 2. The highest BCUT2D eigenvalue weighted by molar-refractivity contribution is 5.00. The molecule has 2 heterocycles. The molecule has 1 aromatic rings. The Kier molecular flexibility index (Phi) is 4.37. The van der Waals surface area contributed by atoms with Crippen LogP contribution in [0.3, 0.4) is 0 Å². The van der Waals surface area contributed by atoms with Gasteiger partial charge >= 0.3 is 0 Å². The number of nitrogens with zero attached hydrogens (tertiary/aromatic N) is 3. The van der Waals surface area contributed by atoms with Crippen molar-refractivity contribution in [2.45, 2.75) is 45.5 Å². The standard InChI is InChI=1S/C13H24N4O/c1-10(2)17-5-4-12(15-17)7-16-8-13(6-14)18-9-11(16)3/h4-5,10-11,13H,6-9,14H2,1-3H3. The molecule has 102 valence electrons. The molecule has 1 aromatic heterocycles. The lowest BCUT2D eigenvalue weighted by Crippen LogP contribution is -2.50.